The number of hydrogen-bond donors (Lipinski definition) is 1. The molecule has 0 bridgehead atoms. The predicted molar refractivity (Wildman–Crippen MR) is 80.6 cm³/mol. The average Bonchev–Trinajstić information content (AvgIpc) is 2.77. The van der Waals surface area contributed by atoms with Gasteiger partial charge >= 0.3 is 0 Å². The zero-order valence-electron chi connectivity index (χ0n) is 12.0. The Bertz CT molecular complexity index is 848. The first kappa shape index (κ1) is 13.6. The summed E-state index contributed by atoms with van der Waals surface area (Å²) in [7, 11) is 0. The molecule has 2 aromatic rings. The Hall–Kier alpha value is -3.02. The van der Waals surface area contributed by atoms with Gasteiger partial charge in [0, 0.05) is 6.42 Å². The summed E-state index contributed by atoms with van der Waals surface area (Å²) in [6.45, 7) is 0. The third kappa shape index (κ3) is 1.95. The van der Waals surface area contributed by atoms with E-state index in [1.165, 1.54) is 0 Å². The van der Waals surface area contributed by atoms with Crippen molar-refractivity contribution in [1.82, 2.24) is 10.2 Å². The summed E-state index contributed by atoms with van der Waals surface area (Å²) in [5, 5.41) is 3.90. The lowest BCUT2D eigenvalue weighted by atomic mass is 10.0. The van der Waals surface area contributed by atoms with Gasteiger partial charge in [0.05, 0.1) is 11.1 Å². The minimum absolute atomic E-state index is 0.117. The maximum Gasteiger partial charge on any atom is 0.262 e. The first-order chi connectivity index (χ1) is 11.1. The summed E-state index contributed by atoms with van der Waals surface area (Å²) < 4.78 is 0. The average molecular weight is 308 g/mol. The van der Waals surface area contributed by atoms with Gasteiger partial charge < -0.3 is 0 Å². The van der Waals surface area contributed by atoms with E-state index in [-0.39, 0.29) is 18.7 Å². The van der Waals surface area contributed by atoms with Crippen LogP contribution in [0.4, 0.5) is 0 Å². The highest BCUT2D eigenvalue weighted by Crippen LogP contribution is 2.30. The van der Waals surface area contributed by atoms with Crippen molar-refractivity contribution >= 4 is 34.4 Å². The Labute approximate surface area is 131 Å². The molecule has 1 saturated heterocycles. The van der Waals surface area contributed by atoms with Crippen LogP contribution in [0.5, 0.6) is 0 Å². The standard InChI is InChI=1S/C17H12N2O4/c20-14-6-5-13(15(21)18-14)19-16(22)11-7-9-3-1-2-4-10(9)8-12(11)17(19)23/h1-4,7-8,13H,5-6H2,(H,18,20,21)/t13-/m0/s1. The summed E-state index contributed by atoms with van der Waals surface area (Å²) in [5.41, 5.74) is 0.608. The van der Waals surface area contributed by atoms with Crippen molar-refractivity contribution in [2.45, 2.75) is 18.9 Å². The van der Waals surface area contributed by atoms with Crippen LogP contribution in [-0.4, -0.2) is 34.6 Å². The monoisotopic (exact) mass is 308 g/mol. The van der Waals surface area contributed by atoms with Crippen LogP contribution >= 0.6 is 0 Å². The molecule has 0 unspecified atom stereocenters. The molecule has 6 nitrogen and oxygen atoms in total. The summed E-state index contributed by atoms with van der Waals surface area (Å²) >= 11 is 0. The Morgan fingerprint density at radius 2 is 1.48 bits per heavy atom. The van der Waals surface area contributed by atoms with E-state index in [9.17, 15) is 19.2 Å². The molecule has 4 rings (SSSR count). The predicted octanol–water partition coefficient (Wildman–Crippen LogP) is 1.24. The number of imide groups is 2. The van der Waals surface area contributed by atoms with Crippen LogP contribution in [-0.2, 0) is 9.59 Å². The second kappa shape index (κ2) is 4.74. The number of amides is 4. The molecule has 4 amide bonds. The highest BCUT2D eigenvalue weighted by Gasteiger charge is 2.44. The lowest BCUT2D eigenvalue weighted by Gasteiger charge is -2.27. The fourth-order valence-corrected chi connectivity index (χ4v) is 3.16. The van der Waals surface area contributed by atoms with Gasteiger partial charge in [-0.3, -0.25) is 29.4 Å². The number of nitrogens with one attached hydrogen (secondary N) is 1. The summed E-state index contributed by atoms with van der Waals surface area (Å²) in [5.74, 6) is -1.94. The van der Waals surface area contributed by atoms with Crippen molar-refractivity contribution in [3.8, 4) is 0 Å². The molecule has 1 fully saturated rings. The van der Waals surface area contributed by atoms with Gasteiger partial charge in [-0.15, -0.1) is 0 Å². The van der Waals surface area contributed by atoms with E-state index in [2.05, 4.69) is 5.32 Å². The molecule has 0 spiro atoms. The minimum atomic E-state index is -0.928. The van der Waals surface area contributed by atoms with Crippen LogP contribution in [0.3, 0.4) is 0 Å². The number of carbonyl (C=O) groups is 4. The van der Waals surface area contributed by atoms with E-state index in [4.69, 9.17) is 0 Å². The fraction of sp³-hybridized carbons (Fsp3) is 0.176. The molecule has 2 aliphatic rings. The molecular weight excluding hydrogens is 296 g/mol. The van der Waals surface area contributed by atoms with Crippen LogP contribution in [0.1, 0.15) is 33.6 Å². The largest absolute Gasteiger partial charge is 0.295 e. The summed E-state index contributed by atoms with van der Waals surface area (Å²) in [4.78, 5) is 49.5. The van der Waals surface area contributed by atoms with Crippen LogP contribution in [0.15, 0.2) is 36.4 Å². The first-order valence-electron chi connectivity index (χ1n) is 7.30. The van der Waals surface area contributed by atoms with Crippen molar-refractivity contribution in [2.24, 2.45) is 0 Å². The molecule has 0 radical (unpaired) electrons. The van der Waals surface area contributed by atoms with Gasteiger partial charge in [0.25, 0.3) is 11.8 Å². The molecule has 0 aliphatic carbocycles. The molecule has 6 heteroatoms. The van der Waals surface area contributed by atoms with Crippen molar-refractivity contribution in [3.05, 3.63) is 47.5 Å². The number of carbonyl (C=O) groups excluding carboxylic acids is 4. The van der Waals surface area contributed by atoms with E-state index >= 15 is 0 Å². The van der Waals surface area contributed by atoms with Gasteiger partial charge in [-0.1, -0.05) is 24.3 Å². The van der Waals surface area contributed by atoms with Crippen molar-refractivity contribution in [2.75, 3.05) is 0 Å². The van der Waals surface area contributed by atoms with E-state index < -0.39 is 23.8 Å². The second-order valence-electron chi connectivity index (χ2n) is 5.69. The number of piperidine rings is 1. The second-order valence-corrected chi connectivity index (χ2v) is 5.69. The van der Waals surface area contributed by atoms with E-state index in [0.29, 0.717) is 11.1 Å². The van der Waals surface area contributed by atoms with Crippen molar-refractivity contribution in [1.29, 1.82) is 0 Å². The quantitative estimate of drug-likeness (QED) is 0.803. The number of fused-ring (bicyclic) bond motifs is 2. The molecule has 2 aromatic carbocycles. The number of benzene rings is 2. The highest BCUT2D eigenvalue weighted by atomic mass is 16.2. The van der Waals surface area contributed by atoms with Crippen molar-refractivity contribution in [3.63, 3.8) is 0 Å². The zero-order chi connectivity index (χ0) is 16.1. The van der Waals surface area contributed by atoms with Gasteiger partial charge in [-0.25, -0.2) is 0 Å². The van der Waals surface area contributed by atoms with E-state index in [0.717, 1.165) is 15.7 Å². The minimum Gasteiger partial charge on any atom is -0.295 e. The Balaban J connectivity index is 1.78. The molecule has 2 aliphatic heterocycles. The van der Waals surface area contributed by atoms with Gasteiger partial charge in [-0.05, 0) is 29.3 Å². The third-order valence-electron chi connectivity index (χ3n) is 4.31. The zero-order valence-corrected chi connectivity index (χ0v) is 12.0. The van der Waals surface area contributed by atoms with Gasteiger partial charge in [-0.2, -0.15) is 0 Å². The van der Waals surface area contributed by atoms with Gasteiger partial charge in [0.15, 0.2) is 0 Å². The maximum atomic E-state index is 12.6. The molecule has 23 heavy (non-hydrogen) atoms. The molecule has 1 atom stereocenters. The molecule has 114 valence electrons. The fourth-order valence-electron chi connectivity index (χ4n) is 3.16. The molecule has 1 N–H and O–H groups in total. The Morgan fingerprint density at radius 3 is 2.00 bits per heavy atom. The van der Waals surface area contributed by atoms with Crippen LogP contribution in [0, 0.1) is 0 Å². The highest BCUT2D eigenvalue weighted by molar-refractivity contribution is 6.24. The summed E-state index contributed by atoms with van der Waals surface area (Å²) in [6.07, 6.45) is 0.279. The Morgan fingerprint density at radius 1 is 0.913 bits per heavy atom. The number of rotatable bonds is 1. The lowest BCUT2D eigenvalue weighted by molar-refractivity contribution is -0.136. The van der Waals surface area contributed by atoms with Crippen LogP contribution in [0.25, 0.3) is 10.8 Å². The molecule has 2 heterocycles. The normalized spacial score (nSPS) is 20.9. The van der Waals surface area contributed by atoms with Crippen molar-refractivity contribution < 1.29 is 19.2 Å². The van der Waals surface area contributed by atoms with Gasteiger partial charge in [0.2, 0.25) is 11.8 Å². The number of hydrogen-bond acceptors (Lipinski definition) is 4. The van der Waals surface area contributed by atoms with Crippen LogP contribution < -0.4 is 5.32 Å². The summed E-state index contributed by atoms with van der Waals surface area (Å²) in [6, 6.07) is 9.86. The molecule has 0 aromatic heterocycles. The Kier molecular flexibility index (Phi) is 2.81. The first-order valence-corrected chi connectivity index (χ1v) is 7.30. The van der Waals surface area contributed by atoms with Gasteiger partial charge in [0.1, 0.15) is 6.04 Å². The lowest BCUT2D eigenvalue weighted by Crippen LogP contribution is -2.54. The van der Waals surface area contributed by atoms with E-state index in [1.807, 2.05) is 24.3 Å². The van der Waals surface area contributed by atoms with Crippen LogP contribution in [0.2, 0.25) is 0 Å². The third-order valence-corrected chi connectivity index (χ3v) is 4.31. The smallest absolute Gasteiger partial charge is 0.262 e. The maximum absolute atomic E-state index is 12.6. The topological polar surface area (TPSA) is 83.6 Å². The SMILES string of the molecule is O=C1CC[C@H](N2C(=O)c3cc4ccccc4cc3C2=O)C(=O)N1. The van der Waals surface area contributed by atoms with E-state index in [1.54, 1.807) is 12.1 Å². The molecule has 0 saturated carbocycles. The number of nitrogens with zero attached hydrogens (tertiary/aromatic N) is 1. The molecular formula is C17H12N2O4.